The smallest absolute Gasteiger partial charge is 0.230 e. The molecule has 1 spiro atoms. The van der Waals surface area contributed by atoms with Crippen LogP contribution in [0.25, 0.3) is 0 Å². The van der Waals surface area contributed by atoms with E-state index in [4.69, 9.17) is 0 Å². The molecule has 1 aliphatic carbocycles. The second-order valence-electron chi connectivity index (χ2n) is 8.17. The van der Waals surface area contributed by atoms with Crippen molar-refractivity contribution < 1.29 is 9.59 Å². The Kier molecular flexibility index (Phi) is 5.00. The van der Waals surface area contributed by atoms with Crippen LogP contribution in [0.15, 0.2) is 29.2 Å². The molecular formula is C21H28N2O2S. The quantitative estimate of drug-likeness (QED) is 0.745. The number of likely N-dealkylation sites (tertiary alicyclic amines) is 2. The van der Waals surface area contributed by atoms with E-state index in [1.165, 1.54) is 17.7 Å². The lowest BCUT2D eigenvalue weighted by Gasteiger charge is -2.39. The molecule has 4 nitrogen and oxygen atoms in total. The van der Waals surface area contributed by atoms with Gasteiger partial charge in [-0.1, -0.05) is 12.1 Å². The third-order valence-corrected chi connectivity index (χ3v) is 6.96. The number of nitrogens with zero attached hydrogens (tertiary/aromatic N) is 2. The van der Waals surface area contributed by atoms with Gasteiger partial charge in [-0.25, -0.2) is 0 Å². The topological polar surface area (TPSA) is 40.6 Å². The first-order valence-corrected chi connectivity index (χ1v) is 11.0. The third-order valence-electron chi connectivity index (χ3n) is 6.22. The van der Waals surface area contributed by atoms with Gasteiger partial charge in [-0.3, -0.25) is 9.59 Å². The van der Waals surface area contributed by atoms with Gasteiger partial charge in [0.15, 0.2) is 0 Å². The van der Waals surface area contributed by atoms with E-state index in [0.29, 0.717) is 18.9 Å². The van der Waals surface area contributed by atoms with Crippen LogP contribution in [0.2, 0.25) is 0 Å². The summed E-state index contributed by atoms with van der Waals surface area (Å²) < 4.78 is 0. The highest BCUT2D eigenvalue weighted by Crippen LogP contribution is 2.41. The van der Waals surface area contributed by atoms with Gasteiger partial charge in [0.1, 0.15) is 0 Å². The molecule has 0 aromatic heterocycles. The molecule has 26 heavy (non-hydrogen) atoms. The number of rotatable bonds is 5. The zero-order chi connectivity index (χ0) is 18.1. The Bertz CT molecular complexity index is 686. The van der Waals surface area contributed by atoms with E-state index in [2.05, 4.69) is 23.3 Å². The molecule has 1 saturated carbocycles. The second-order valence-corrected chi connectivity index (χ2v) is 9.05. The van der Waals surface area contributed by atoms with Crippen molar-refractivity contribution in [3.05, 3.63) is 29.8 Å². The number of thioether (sulfide) groups is 1. The van der Waals surface area contributed by atoms with Gasteiger partial charge in [-0.2, -0.15) is 0 Å². The summed E-state index contributed by atoms with van der Waals surface area (Å²) in [7, 11) is 0. The number of hydrogen-bond acceptors (Lipinski definition) is 3. The lowest BCUT2D eigenvalue weighted by molar-refractivity contribution is -0.146. The zero-order valence-corrected chi connectivity index (χ0v) is 16.4. The summed E-state index contributed by atoms with van der Waals surface area (Å²) in [5, 5.41) is 0. The lowest BCUT2D eigenvalue weighted by atomic mass is 9.78. The van der Waals surface area contributed by atoms with Crippen LogP contribution in [0.4, 0.5) is 0 Å². The van der Waals surface area contributed by atoms with Gasteiger partial charge in [0, 0.05) is 31.1 Å². The number of amides is 2. The third kappa shape index (κ3) is 3.64. The van der Waals surface area contributed by atoms with E-state index in [1.807, 2.05) is 17.0 Å². The molecule has 1 aromatic carbocycles. The predicted molar refractivity (Wildman–Crippen MR) is 104 cm³/mol. The number of carbonyl (C=O) groups excluding carboxylic acids is 2. The van der Waals surface area contributed by atoms with Crippen molar-refractivity contribution in [2.45, 2.75) is 43.4 Å². The van der Waals surface area contributed by atoms with Crippen LogP contribution in [0, 0.1) is 11.3 Å². The standard InChI is InChI=1S/C21H28N2O2S/c1-26-18-7-5-16(6-8-18)13-19(24)23-12-10-21(15-23)9-2-11-22(20(21)25)14-17-3-4-17/h5-8,17H,2-4,9-15H2,1H3/t21-/m0/s1. The molecule has 3 fully saturated rings. The minimum Gasteiger partial charge on any atom is -0.342 e. The average molecular weight is 373 g/mol. The van der Waals surface area contributed by atoms with Crippen LogP contribution in [0.3, 0.4) is 0 Å². The molecule has 1 atom stereocenters. The first kappa shape index (κ1) is 17.9. The summed E-state index contributed by atoms with van der Waals surface area (Å²) in [5.41, 5.74) is 0.755. The van der Waals surface area contributed by atoms with Crippen LogP contribution < -0.4 is 0 Å². The van der Waals surface area contributed by atoms with Crippen molar-refractivity contribution in [2.24, 2.45) is 11.3 Å². The molecule has 0 bridgehead atoms. The van der Waals surface area contributed by atoms with E-state index in [1.54, 1.807) is 11.8 Å². The minimum atomic E-state index is -0.300. The molecule has 2 amide bonds. The number of piperidine rings is 1. The molecule has 0 unspecified atom stereocenters. The van der Waals surface area contributed by atoms with Crippen LogP contribution in [-0.4, -0.2) is 54.0 Å². The maximum Gasteiger partial charge on any atom is 0.230 e. The monoisotopic (exact) mass is 372 g/mol. The van der Waals surface area contributed by atoms with E-state index in [-0.39, 0.29) is 11.3 Å². The van der Waals surface area contributed by atoms with Crippen molar-refractivity contribution in [1.82, 2.24) is 9.80 Å². The lowest BCUT2D eigenvalue weighted by Crippen LogP contribution is -2.51. The molecule has 140 valence electrons. The highest BCUT2D eigenvalue weighted by molar-refractivity contribution is 7.98. The largest absolute Gasteiger partial charge is 0.342 e. The summed E-state index contributed by atoms with van der Waals surface area (Å²) in [5.74, 6) is 1.21. The van der Waals surface area contributed by atoms with Crippen molar-refractivity contribution in [2.75, 3.05) is 32.4 Å². The van der Waals surface area contributed by atoms with E-state index < -0.39 is 0 Å². The minimum absolute atomic E-state index is 0.158. The summed E-state index contributed by atoms with van der Waals surface area (Å²) in [6.45, 7) is 3.20. The van der Waals surface area contributed by atoms with E-state index >= 15 is 0 Å². The molecule has 3 aliphatic rings. The number of carbonyl (C=O) groups is 2. The first-order valence-electron chi connectivity index (χ1n) is 9.80. The molecule has 2 saturated heterocycles. The second kappa shape index (κ2) is 7.26. The van der Waals surface area contributed by atoms with Gasteiger partial charge in [0.2, 0.25) is 11.8 Å². The molecule has 2 heterocycles. The Morgan fingerprint density at radius 3 is 2.65 bits per heavy atom. The molecular weight excluding hydrogens is 344 g/mol. The maximum atomic E-state index is 13.1. The highest BCUT2D eigenvalue weighted by atomic mass is 32.2. The van der Waals surface area contributed by atoms with E-state index in [0.717, 1.165) is 50.4 Å². The van der Waals surface area contributed by atoms with Crippen LogP contribution in [0.5, 0.6) is 0 Å². The molecule has 4 rings (SSSR count). The van der Waals surface area contributed by atoms with Gasteiger partial charge in [-0.05, 0) is 62.0 Å². The fourth-order valence-electron chi connectivity index (χ4n) is 4.43. The summed E-state index contributed by atoms with van der Waals surface area (Å²) >= 11 is 1.71. The number of benzene rings is 1. The summed E-state index contributed by atoms with van der Waals surface area (Å²) in [6, 6.07) is 8.22. The zero-order valence-electron chi connectivity index (χ0n) is 15.6. The average Bonchev–Trinajstić information content (AvgIpc) is 3.37. The van der Waals surface area contributed by atoms with Gasteiger partial charge in [0.25, 0.3) is 0 Å². The van der Waals surface area contributed by atoms with Gasteiger partial charge >= 0.3 is 0 Å². The molecule has 0 radical (unpaired) electrons. The van der Waals surface area contributed by atoms with Crippen molar-refractivity contribution in [3.63, 3.8) is 0 Å². The molecule has 5 heteroatoms. The molecule has 0 N–H and O–H groups in total. The van der Waals surface area contributed by atoms with Crippen molar-refractivity contribution >= 4 is 23.6 Å². The Hall–Kier alpha value is -1.49. The molecule has 2 aliphatic heterocycles. The van der Waals surface area contributed by atoms with Crippen molar-refractivity contribution in [3.8, 4) is 0 Å². The van der Waals surface area contributed by atoms with Crippen LogP contribution in [-0.2, 0) is 16.0 Å². The van der Waals surface area contributed by atoms with Gasteiger partial charge in [0.05, 0.1) is 11.8 Å². The predicted octanol–water partition coefficient (Wildman–Crippen LogP) is 3.20. The molecule has 1 aromatic rings. The maximum absolute atomic E-state index is 13.1. The fourth-order valence-corrected chi connectivity index (χ4v) is 4.84. The first-order chi connectivity index (χ1) is 12.6. The van der Waals surface area contributed by atoms with Gasteiger partial charge < -0.3 is 9.80 Å². The van der Waals surface area contributed by atoms with Gasteiger partial charge in [-0.15, -0.1) is 11.8 Å². The Morgan fingerprint density at radius 2 is 1.96 bits per heavy atom. The fraction of sp³-hybridized carbons (Fsp3) is 0.619. The SMILES string of the molecule is CSc1ccc(CC(=O)N2CC[C@@]3(CCCN(CC4CC4)C3=O)C2)cc1. The highest BCUT2D eigenvalue weighted by Gasteiger charge is 2.49. The van der Waals surface area contributed by atoms with Crippen LogP contribution >= 0.6 is 11.8 Å². The van der Waals surface area contributed by atoms with E-state index in [9.17, 15) is 9.59 Å². The Balaban J connectivity index is 1.38. The normalized spacial score (nSPS) is 26.0. The number of hydrogen-bond donors (Lipinski definition) is 0. The summed E-state index contributed by atoms with van der Waals surface area (Å²) in [6.07, 6.45) is 7.90. The Labute approximate surface area is 160 Å². The van der Waals surface area contributed by atoms with Crippen molar-refractivity contribution in [1.29, 1.82) is 0 Å². The van der Waals surface area contributed by atoms with Crippen LogP contribution in [0.1, 0.15) is 37.7 Å². The Morgan fingerprint density at radius 1 is 1.19 bits per heavy atom. The summed E-state index contributed by atoms with van der Waals surface area (Å²) in [4.78, 5) is 31.1.